The Bertz CT molecular complexity index is 484. The molecule has 0 saturated heterocycles. The number of benzene rings is 1. The molecular formula is C14H16F3NO. The molecule has 0 aromatic heterocycles. The molecule has 0 aliphatic heterocycles. The number of Topliss-reactive ketones (excluding diaryl/α,β-unsaturated/α-hetero) is 1. The smallest absolute Gasteiger partial charge is 0.304 e. The van der Waals surface area contributed by atoms with Crippen molar-refractivity contribution in [3.05, 3.63) is 35.4 Å². The van der Waals surface area contributed by atoms with Crippen molar-refractivity contribution in [3.63, 3.8) is 0 Å². The third-order valence-corrected chi connectivity index (χ3v) is 3.80. The average molecular weight is 271 g/mol. The summed E-state index contributed by atoms with van der Waals surface area (Å²) in [5.41, 5.74) is -1.86. The Labute approximate surface area is 110 Å². The van der Waals surface area contributed by atoms with Gasteiger partial charge in [0.2, 0.25) is 0 Å². The normalized spacial score (nSPS) is 24.5. The van der Waals surface area contributed by atoms with Gasteiger partial charge in [0, 0.05) is 6.42 Å². The number of carbonyl (C=O) groups is 1. The molecule has 1 N–H and O–H groups in total. The highest BCUT2D eigenvalue weighted by Crippen LogP contribution is 2.41. The summed E-state index contributed by atoms with van der Waals surface area (Å²) in [6.07, 6.45) is -2.21. The van der Waals surface area contributed by atoms with Gasteiger partial charge in [-0.25, -0.2) is 0 Å². The molecule has 0 bridgehead atoms. The Morgan fingerprint density at radius 2 is 1.89 bits per heavy atom. The molecule has 104 valence electrons. The number of carbonyl (C=O) groups excluding carboxylic acids is 1. The maximum absolute atomic E-state index is 13.1. The van der Waals surface area contributed by atoms with Crippen LogP contribution < -0.4 is 5.32 Å². The Hall–Kier alpha value is -1.36. The summed E-state index contributed by atoms with van der Waals surface area (Å²) >= 11 is 0. The van der Waals surface area contributed by atoms with Crippen LogP contribution in [0.5, 0.6) is 0 Å². The van der Waals surface area contributed by atoms with Crippen LogP contribution in [0.1, 0.15) is 36.8 Å². The summed E-state index contributed by atoms with van der Waals surface area (Å²) < 4.78 is 39.3. The molecule has 0 unspecified atom stereocenters. The van der Waals surface area contributed by atoms with Crippen molar-refractivity contribution in [2.75, 3.05) is 7.05 Å². The molecule has 2 rings (SSSR count). The first-order valence-electron chi connectivity index (χ1n) is 6.31. The second kappa shape index (κ2) is 4.96. The number of halogens is 3. The molecule has 0 radical (unpaired) electrons. The number of alkyl halides is 3. The van der Waals surface area contributed by atoms with Gasteiger partial charge in [0.1, 0.15) is 5.54 Å². The first-order chi connectivity index (χ1) is 8.92. The number of ketones is 1. The molecular weight excluding hydrogens is 255 g/mol. The predicted molar refractivity (Wildman–Crippen MR) is 65.7 cm³/mol. The van der Waals surface area contributed by atoms with Gasteiger partial charge in [-0.15, -0.1) is 0 Å². The van der Waals surface area contributed by atoms with Crippen LogP contribution in [0.3, 0.4) is 0 Å². The van der Waals surface area contributed by atoms with Crippen LogP contribution in [0.15, 0.2) is 24.3 Å². The van der Waals surface area contributed by atoms with Gasteiger partial charge in [-0.05, 0) is 31.5 Å². The van der Waals surface area contributed by atoms with Gasteiger partial charge in [-0.2, -0.15) is 13.2 Å². The number of hydrogen-bond donors (Lipinski definition) is 1. The van der Waals surface area contributed by atoms with Crippen molar-refractivity contribution in [1.82, 2.24) is 5.32 Å². The minimum Gasteiger partial charge on any atom is -0.304 e. The standard InChI is InChI=1S/C14H16F3NO/c1-18-13(9-5-4-8-12(13)19)10-6-2-3-7-11(10)14(15,16)17/h2-3,6-7,18H,4-5,8-9H2,1H3/t13-/m1/s1. The highest BCUT2D eigenvalue weighted by molar-refractivity contribution is 5.90. The Kier molecular flexibility index (Phi) is 3.67. The molecule has 1 aliphatic carbocycles. The van der Waals surface area contributed by atoms with E-state index < -0.39 is 17.3 Å². The quantitative estimate of drug-likeness (QED) is 0.894. The summed E-state index contributed by atoms with van der Waals surface area (Å²) in [7, 11) is 1.55. The molecule has 2 nitrogen and oxygen atoms in total. The highest BCUT2D eigenvalue weighted by Gasteiger charge is 2.45. The zero-order valence-electron chi connectivity index (χ0n) is 10.7. The molecule has 0 heterocycles. The van der Waals surface area contributed by atoms with Crippen LogP contribution in [-0.2, 0) is 16.5 Å². The largest absolute Gasteiger partial charge is 0.416 e. The monoisotopic (exact) mass is 271 g/mol. The molecule has 0 spiro atoms. The summed E-state index contributed by atoms with van der Waals surface area (Å²) in [5.74, 6) is -0.155. The van der Waals surface area contributed by atoms with Gasteiger partial charge in [-0.1, -0.05) is 24.6 Å². The van der Waals surface area contributed by atoms with Crippen LogP contribution in [0.25, 0.3) is 0 Å². The maximum Gasteiger partial charge on any atom is 0.416 e. The number of hydrogen-bond acceptors (Lipinski definition) is 2. The van der Waals surface area contributed by atoms with E-state index in [9.17, 15) is 18.0 Å². The molecule has 1 aliphatic rings. The van der Waals surface area contributed by atoms with E-state index in [1.165, 1.54) is 12.1 Å². The third-order valence-electron chi connectivity index (χ3n) is 3.80. The lowest BCUT2D eigenvalue weighted by Gasteiger charge is -2.37. The highest BCUT2D eigenvalue weighted by atomic mass is 19.4. The summed E-state index contributed by atoms with van der Waals surface area (Å²) in [4.78, 5) is 12.2. The molecule has 1 aromatic carbocycles. The number of rotatable bonds is 2. The second-order valence-electron chi connectivity index (χ2n) is 4.83. The third kappa shape index (κ3) is 2.39. The van der Waals surface area contributed by atoms with E-state index >= 15 is 0 Å². The predicted octanol–water partition coefficient (Wildman–Crippen LogP) is 3.26. The molecule has 0 amide bonds. The minimum absolute atomic E-state index is 0.0506. The molecule has 5 heteroatoms. The molecule has 1 fully saturated rings. The molecule has 19 heavy (non-hydrogen) atoms. The SMILES string of the molecule is CN[C@@]1(c2ccccc2C(F)(F)F)CCCCC1=O. The van der Waals surface area contributed by atoms with Crippen LogP contribution >= 0.6 is 0 Å². The van der Waals surface area contributed by atoms with Crippen molar-refractivity contribution in [1.29, 1.82) is 0 Å². The fraction of sp³-hybridized carbons (Fsp3) is 0.500. The fourth-order valence-corrected chi connectivity index (χ4v) is 2.81. The van der Waals surface area contributed by atoms with Crippen LogP contribution in [0, 0.1) is 0 Å². The first kappa shape index (κ1) is 14.1. The van der Waals surface area contributed by atoms with Crippen LogP contribution in [-0.4, -0.2) is 12.8 Å². The van der Waals surface area contributed by atoms with Gasteiger partial charge in [-0.3, -0.25) is 4.79 Å². The zero-order chi connectivity index (χ0) is 14.1. The lowest BCUT2D eigenvalue weighted by molar-refractivity contribution is -0.140. The van der Waals surface area contributed by atoms with E-state index in [0.717, 1.165) is 18.9 Å². The van der Waals surface area contributed by atoms with Crippen molar-refractivity contribution < 1.29 is 18.0 Å². The van der Waals surface area contributed by atoms with Crippen molar-refractivity contribution in [2.45, 2.75) is 37.4 Å². The molecule has 1 saturated carbocycles. The van der Waals surface area contributed by atoms with Crippen LogP contribution in [0.2, 0.25) is 0 Å². The van der Waals surface area contributed by atoms with Gasteiger partial charge >= 0.3 is 6.18 Å². The van der Waals surface area contributed by atoms with Crippen molar-refractivity contribution >= 4 is 5.78 Å². The van der Waals surface area contributed by atoms with Gasteiger partial charge in [0.05, 0.1) is 5.56 Å². The minimum atomic E-state index is -4.45. The van der Waals surface area contributed by atoms with Gasteiger partial charge in [0.25, 0.3) is 0 Å². The first-order valence-corrected chi connectivity index (χ1v) is 6.31. The molecule has 1 aromatic rings. The van der Waals surface area contributed by atoms with E-state index in [4.69, 9.17) is 0 Å². The van der Waals surface area contributed by atoms with Crippen molar-refractivity contribution in [2.24, 2.45) is 0 Å². The van der Waals surface area contributed by atoms with E-state index in [1.807, 2.05) is 0 Å². The van der Waals surface area contributed by atoms with Gasteiger partial charge in [0.15, 0.2) is 5.78 Å². The zero-order valence-corrected chi connectivity index (χ0v) is 10.7. The maximum atomic E-state index is 13.1. The number of likely N-dealkylation sites (N-methyl/N-ethyl adjacent to an activating group) is 1. The van der Waals surface area contributed by atoms with E-state index in [1.54, 1.807) is 13.1 Å². The van der Waals surface area contributed by atoms with E-state index in [-0.39, 0.29) is 11.3 Å². The van der Waals surface area contributed by atoms with Crippen molar-refractivity contribution in [3.8, 4) is 0 Å². The lowest BCUT2D eigenvalue weighted by atomic mass is 9.74. The average Bonchev–Trinajstić information content (AvgIpc) is 2.39. The summed E-state index contributed by atoms with van der Waals surface area (Å²) in [6.45, 7) is 0. The number of nitrogens with one attached hydrogen (secondary N) is 1. The second-order valence-corrected chi connectivity index (χ2v) is 4.83. The summed E-state index contributed by atoms with van der Waals surface area (Å²) in [6, 6.07) is 5.34. The Morgan fingerprint density at radius 3 is 2.47 bits per heavy atom. The van der Waals surface area contributed by atoms with Crippen LogP contribution in [0.4, 0.5) is 13.2 Å². The Balaban J connectivity index is 2.58. The summed E-state index contributed by atoms with van der Waals surface area (Å²) in [5, 5.41) is 2.85. The lowest BCUT2D eigenvalue weighted by Crippen LogP contribution is -2.50. The Morgan fingerprint density at radius 1 is 1.21 bits per heavy atom. The van der Waals surface area contributed by atoms with E-state index in [0.29, 0.717) is 12.8 Å². The fourth-order valence-electron chi connectivity index (χ4n) is 2.81. The topological polar surface area (TPSA) is 29.1 Å². The van der Waals surface area contributed by atoms with Gasteiger partial charge < -0.3 is 5.32 Å². The van der Waals surface area contributed by atoms with E-state index in [2.05, 4.69) is 5.32 Å². The molecule has 1 atom stereocenters.